The first kappa shape index (κ1) is 25.5. The molecule has 0 spiro atoms. The first-order chi connectivity index (χ1) is 18.9. The van der Waals surface area contributed by atoms with Crippen LogP contribution in [0.1, 0.15) is 18.6 Å². The Kier molecular flexibility index (Phi) is 7.22. The van der Waals surface area contributed by atoms with Crippen molar-refractivity contribution in [3.05, 3.63) is 96.6 Å². The number of rotatable bonds is 7. The molecule has 5 N–H and O–H groups in total. The number of carbonyl (C=O) groups excluding carboxylic acids is 2. The SMILES string of the molecule is C[C@H](/C=C/C(=O)Nc1ccccc1N)[C@H](OC(=O)Nc1ccc2c(c1)OCO2)c1ccc(O)c2ccccc12. The monoisotopic (exact) mass is 525 g/mol. The van der Waals surface area contributed by atoms with Gasteiger partial charge in [-0.25, -0.2) is 4.79 Å². The fourth-order valence-corrected chi connectivity index (χ4v) is 4.37. The fourth-order valence-electron chi connectivity index (χ4n) is 4.37. The van der Waals surface area contributed by atoms with Gasteiger partial charge in [0.25, 0.3) is 0 Å². The minimum Gasteiger partial charge on any atom is -0.507 e. The quantitative estimate of drug-likeness (QED) is 0.172. The fraction of sp³-hybridized carbons (Fsp3) is 0.133. The zero-order chi connectivity index (χ0) is 27.4. The first-order valence-electron chi connectivity index (χ1n) is 12.3. The van der Waals surface area contributed by atoms with E-state index in [-0.39, 0.29) is 18.4 Å². The van der Waals surface area contributed by atoms with Crippen molar-refractivity contribution in [1.82, 2.24) is 0 Å². The van der Waals surface area contributed by atoms with Crippen molar-refractivity contribution in [2.24, 2.45) is 5.92 Å². The molecule has 1 aliphatic rings. The zero-order valence-corrected chi connectivity index (χ0v) is 21.1. The number of carbonyl (C=O) groups is 2. The van der Waals surface area contributed by atoms with Gasteiger partial charge in [-0.2, -0.15) is 0 Å². The molecule has 0 saturated carbocycles. The molecule has 2 amide bonds. The summed E-state index contributed by atoms with van der Waals surface area (Å²) in [5.74, 6) is 0.422. The van der Waals surface area contributed by atoms with E-state index in [0.29, 0.717) is 39.5 Å². The summed E-state index contributed by atoms with van der Waals surface area (Å²) in [4.78, 5) is 25.7. The van der Waals surface area contributed by atoms with E-state index in [1.54, 1.807) is 66.7 Å². The standard InChI is InChI=1S/C30H27N3O6/c1-18(10-15-28(35)33-24-9-5-4-8-23(24)31)29(22-12-13-25(34)21-7-3-2-6-20(21)22)39-30(36)32-19-11-14-26-27(16-19)38-17-37-26/h2-16,18,29,34H,17,31H2,1H3,(H,32,36)(H,33,35)/b15-10+/t18-,29+/m1/s1. The first-order valence-corrected chi connectivity index (χ1v) is 12.3. The maximum absolute atomic E-state index is 13.0. The lowest BCUT2D eigenvalue weighted by molar-refractivity contribution is -0.111. The van der Waals surface area contributed by atoms with Gasteiger partial charge in [0, 0.05) is 28.6 Å². The molecule has 0 saturated heterocycles. The number of amides is 2. The van der Waals surface area contributed by atoms with E-state index in [9.17, 15) is 14.7 Å². The van der Waals surface area contributed by atoms with Crippen LogP contribution in [0.3, 0.4) is 0 Å². The van der Waals surface area contributed by atoms with Crippen LogP contribution in [-0.4, -0.2) is 23.9 Å². The Balaban J connectivity index is 1.40. The van der Waals surface area contributed by atoms with Gasteiger partial charge in [-0.1, -0.05) is 55.5 Å². The number of para-hydroxylation sites is 2. The number of fused-ring (bicyclic) bond motifs is 2. The minimum atomic E-state index is -0.796. The van der Waals surface area contributed by atoms with Crippen molar-refractivity contribution in [1.29, 1.82) is 0 Å². The maximum Gasteiger partial charge on any atom is 0.412 e. The van der Waals surface area contributed by atoms with Crippen LogP contribution in [0.4, 0.5) is 21.9 Å². The highest BCUT2D eigenvalue weighted by Crippen LogP contribution is 2.37. The van der Waals surface area contributed by atoms with Gasteiger partial charge < -0.3 is 30.4 Å². The molecule has 198 valence electrons. The normalized spacial score (nSPS) is 13.7. The van der Waals surface area contributed by atoms with Crippen LogP contribution in [0.2, 0.25) is 0 Å². The van der Waals surface area contributed by atoms with Crippen LogP contribution < -0.4 is 25.8 Å². The van der Waals surface area contributed by atoms with E-state index >= 15 is 0 Å². The van der Waals surface area contributed by atoms with E-state index in [1.165, 1.54) is 6.08 Å². The Hall–Kier alpha value is -5.18. The summed E-state index contributed by atoms with van der Waals surface area (Å²) >= 11 is 0. The number of phenols is 1. The second-order valence-corrected chi connectivity index (χ2v) is 9.03. The van der Waals surface area contributed by atoms with Gasteiger partial charge >= 0.3 is 6.09 Å². The summed E-state index contributed by atoms with van der Waals surface area (Å²) in [6, 6.07) is 22.6. The number of aromatic hydroxyl groups is 1. The summed E-state index contributed by atoms with van der Waals surface area (Å²) in [6.45, 7) is 1.95. The maximum atomic E-state index is 13.0. The molecule has 4 aromatic rings. The van der Waals surface area contributed by atoms with Crippen molar-refractivity contribution in [2.45, 2.75) is 13.0 Å². The van der Waals surface area contributed by atoms with Crippen molar-refractivity contribution in [3.8, 4) is 17.2 Å². The smallest absolute Gasteiger partial charge is 0.412 e. The third kappa shape index (κ3) is 5.72. The molecule has 9 heteroatoms. The molecule has 0 radical (unpaired) electrons. The average Bonchev–Trinajstić information content (AvgIpc) is 3.40. The molecule has 4 aromatic carbocycles. The summed E-state index contributed by atoms with van der Waals surface area (Å²) < 4.78 is 16.6. The number of nitrogens with two attached hydrogens (primary N) is 1. The van der Waals surface area contributed by atoms with Gasteiger partial charge in [0.05, 0.1) is 11.4 Å². The molecule has 0 bridgehead atoms. The van der Waals surface area contributed by atoms with Crippen molar-refractivity contribution >= 4 is 39.8 Å². The molecule has 1 heterocycles. The summed E-state index contributed by atoms with van der Waals surface area (Å²) in [6.07, 6.45) is 1.55. The Morgan fingerprint density at radius 2 is 1.69 bits per heavy atom. The zero-order valence-electron chi connectivity index (χ0n) is 21.1. The number of benzene rings is 4. The Bertz CT molecular complexity index is 1570. The number of anilines is 3. The summed E-state index contributed by atoms with van der Waals surface area (Å²) in [5.41, 5.74) is 8.02. The number of hydrogen-bond donors (Lipinski definition) is 4. The molecule has 2 atom stereocenters. The van der Waals surface area contributed by atoms with Crippen LogP contribution in [0.5, 0.6) is 17.2 Å². The Labute approximate surface area is 224 Å². The molecule has 0 aromatic heterocycles. The third-order valence-electron chi connectivity index (χ3n) is 6.34. The van der Waals surface area contributed by atoms with Gasteiger partial charge in [-0.3, -0.25) is 10.1 Å². The summed E-state index contributed by atoms with van der Waals surface area (Å²) in [7, 11) is 0. The highest BCUT2D eigenvalue weighted by Gasteiger charge is 2.25. The van der Waals surface area contributed by atoms with Gasteiger partial charge in [-0.15, -0.1) is 0 Å². The van der Waals surface area contributed by atoms with Gasteiger partial charge in [-0.05, 0) is 41.8 Å². The highest BCUT2D eigenvalue weighted by molar-refractivity contribution is 6.01. The number of ether oxygens (including phenoxy) is 3. The van der Waals surface area contributed by atoms with Crippen LogP contribution in [-0.2, 0) is 9.53 Å². The molecule has 1 aliphatic heterocycles. The highest BCUT2D eigenvalue weighted by atomic mass is 16.7. The van der Waals surface area contributed by atoms with Gasteiger partial charge in [0.15, 0.2) is 11.5 Å². The lowest BCUT2D eigenvalue weighted by atomic mass is 9.92. The number of nitrogen functional groups attached to an aromatic ring is 1. The van der Waals surface area contributed by atoms with Gasteiger partial charge in [0.2, 0.25) is 12.7 Å². The van der Waals surface area contributed by atoms with Crippen LogP contribution in [0.15, 0.2) is 91.0 Å². The average molecular weight is 526 g/mol. The minimum absolute atomic E-state index is 0.112. The second kappa shape index (κ2) is 11.1. The lowest BCUT2D eigenvalue weighted by Gasteiger charge is -2.24. The van der Waals surface area contributed by atoms with Crippen molar-refractivity contribution < 1.29 is 28.9 Å². The molecule has 39 heavy (non-hydrogen) atoms. The number of hydrogen-bond acceptors (Lipinski definition) is 7. The second-order valence-electron chi connectivity index (χ2n) is 9.03. The van der Waals surface area contributed by atoms with Crippen molar-refractivity contribution in [3.63, 3.8) is 0 Å². The molecule has 0 fully saturated rings. The predicted octanol–water partition coefficient (Wildman–Crippen LogP) is 5.98. The molecule has 0 aliphatic carbocycles. The molecule has 5 rings (SSSR count). The molecule has 9 nitrogen and oxygen atoms in total. The molecular formula is C30H27N3O6. The van der Waals surface area contributed by atoms with Gasteiger partial charge in [0.1, 0.15) is 11.9 Å². The van der Waals surface area contributed by atoms with Crippen LogP contribution >= 0.6 is 0 Å². The van der Waals surface area contributed by atoms with Crippen molar-refractivity contribution in [2.75, 3.05) is 23.2 Å². The summed E-state index contributed by atoms with van der Waals surface area (Å²) in [5, 5.41) is 17.2. The van der Waals surface area contributed by atoms with Crippen LogP contribution in [0.25, 0.3) is 10.8 Å². The molecular weight excluding hydrogens is 498 g/mol. The van der Waals surface area contributed by atoms with Crippen LogP contribution in [0, 0.1) is 5.92 Å². The third-order valence-corrected chi connectivity index (χ3v) is 6.34. The van der Waals surface area contributed by atoms with E-state index in [0.717, 1.165) is 5.39 Å². The number of nitrogens with one attached hydrogen (secondary N) is 2. The molecule has 0 unspecified atom stereocenters. The van der Waals surface area contributed by atoms with E-state index in [2.05, 4.69) is 10.6 Å². The topological polar surface area (TPSA) is 132 Å². The lowest BCUT2D eigenvalue weighted by Crippen LogP contribution is -2.22. The number of phenolic OH excluding ortho intramolecular Hbond substituents is 1. The van der Waals surface area contributed by atoms with E-state index < -0.39 is 18.1 Å². The largest absolute Gasteiger partial charge is 0.507 e. The van der Waals surface area contributed by atoms with E-state index in [4.69, 9.17) is 19.9 Å². The Morgan fingerprint density at radius 3 is 2.51 bits per heavy atom. The predicted molar refractivity (Wildman–Crippen MR) is 149 cm³/mol. The van der Waals surface area contributed by atoms with E-state index in [1.807, 2.05) is 25.1 Å². The Morgan fingerprint density at radius 1 is 0.949 bits per heavy atom.